The highest BCUT2D eigenvalue weighted by molar-refractivity contribution is 5.33. The Morgan fingerprint density at radius 3 is 2.18 bits per heavy atom. The zero-order valence-electron chi connectivity index (χ0n) is 11.1. The van der Waals surface area contributed by atoms with E-state index in [1.165, 1.54) is 0 Å². The number of anilines is 1. The molecule has 0 saturated carbocycles. The standard InChI is InChI=1S/C13H23N3O/c1-4-6-8-16(9-7-5-2)13-14-11(3)10-12(17)15-13/h10H,4-9H2,1-3H3,(H,14,15,17). The molecule has 0 spiro atoms. The van der Waals surface area contributed by atoms with Gasteiger partial charge >= 0.3 is 0 Å². The zero-order chi connectivity index (χ0) is 12.7. The first-order valence-electron chi connectivity index (χ1n) is 6.47. The van der Waals surface area contributed by atoms with E-state index in [0.717, 1.165) is 44.5 Å². The maximum Gasteiger partial charge on any atom is 0.228 e. The fourth-order valence-electron chi connectivity index (χ4n) is 1.69. The van der Waals surface area contributed by atoms with Crippen molar-refractivity contribution in [1.29, 1.82) is 0 Å². The zero-order valence-corrected chi connectivity index (χ0v) is 11.1. The van der Waals surface area contributed by atoms with Gasteiger partial charge in [-0.3, -0.25) is 0 Å². The fourth-order valence-corrected chi connectivity index (χ4v) is 1.69. The number of aryl methyl sites for hydroxylation is 1. The van der Waals surface area contributed by atoms with Crippen LogP contribution in [0.2, 0.25) is 0 Å². The third-order valence-electron chi connectivity index (χ3n) is 2.67. The molecular formula is C13H23N3O. The van der Waals surface area contributed by atoms with Crippen LogP contribution in [-0.2, 0) is 0 Å². The van der Waals surface area contributed by atoms with Gasteiger partial charge in [0.1, 0.15) is 0 Å². The highest BCUT2D eigenvalue weighted by atomic mass is 16.3. The molecule has 0 atom stereocenters. The van der Waals surface area contributed by atoms with E-state index < -0.39 is 0 Å². The Kier molecular flexibility index (Phi) is 5.73. The second kappa shape index (κ2) is 7.09. The number of rotatable bonds is 7. The van der Waals surface area contributed by atoms with E-state index in [4.69, 9.17) is 0 Å². The van der Waals surface area contributed by atoms with Crippen molar-refractivity contribution < 1.29 is 5.11 Å². The Labute approximate surface area is 104 Å². The monoisotopic (exact) mass is 237 g/mol. The predicted octanol–water partition coefficient (Wildman–Crippen LogP) is 2.90. The van der Waals surface area contributed by atoms with Crippen molar-refractivity contribution in [3.8, 4) is 5.88 Å². The number of hydrogen-bond acceptors (Lipinski definition) is 4. The van der Waals surface area contributed by atoms with Gasteiger partial charge in [0.2, 0.25) is 11.8 Å². The molecule has 0 bridgehead atoms. The van der Waals surface area contributed by atoms with Gasteiger partial charge in [0.15, 0.2) is 0 Å². The van der Waals surface area contributed by atoms with Gasteiger partial charge in [-0.25, -0.2) is 4.98 Å². The van der Waals surface area contributed by atoms with E-state index in [-0.39, 0.29) is 5.88 Å². The highest BCUT2D eigenvalue weighted by Crippen LogP contribution is 2.15. The number of aromatic hydroxyl groups is 1. The molecule has 1 heterocycles. The van der Waals surface area contributed by atoms with E-state index in [1.807, 2.05) is 6.92 Å². The summed E-state index contributed by atoms with van der Waals surface area (Å²) >= 11 is 0. The third-order valence-corrected chi connectivity index (χ3v) is 2.67. The van der Waals surface area contributed by atoms with Crippen LogP contribution in [0.1, 0.15) is 45.2 Å². The average Bonchev–Trinajstić information content (AvgIpc) is 2.28. The lowest BCUT2D eigenvalue weighted by Crippen LogP contribution is -2.27. The molecule has 0 unspecified atom stereocenters. The summed E-state index contributed by atoms with van der Waals surface area (Å²) in [6, 6.07) is 1.58. The van der Waals surface area contributed by atoms with E-state index >= 15 is 0 Å². The van der Waals surface area contributed by atoms with E-state index in [9.17, 15) is 5.11 Å². The first-order chi connectivity index (χ1) is 8.17. The van der Waals surface area contributed by atoms with Crippen molar-refractivity contribution in [1.82, 2.24) is 9.97 Å². The molecule has 17 heavy (non-hydrogen) atoms. The molecule has 1 N–H and O–H groups in total. The Morgan fingerprint density at radius 2 is 1.71 bits per heavy atom. The second-order valence-electron chi connectivity index (χ2n) is 4.36. The summed E-state index contributed by atoms with van der Waals surface area (Å²) in [5.41, 5.74) is 0.811. The van der Waals surface area contributed by atoms with Gasteiger partial charge in [0, 0.05) is 24.8 Å². The molecule has 0 radical (unpaired) electrons. The Hall–Kier alpha value is -1.32. The van der Waals surface area contributed by atoms with Crippen LogP contribution in [0.5, 0.6) is 5.88 Å². The molecule has 0 aliphatic heterocycles. The molecule has 0 aliphatic carbocycles. The number of aromatic nitrogens is 2. The van der Waals surface area contributed by atoms with Crippen molar-refractivity contribution in [2.45, 2.75) is 46.5 Å². The molecule has 0 saturated heterocycles. The lowest BCUT2D eigenvalue weighted by Gasteiger charge is -2.22. The molecule has 4 nitrogen and oxygen atoms in total. The molecule has 0 fully saturated rings. The summed E-state index contributed by atoms with van der Waals surface area (Å²) in [4.78, 5) is 10.7. The minimum Gasteiger partial charge on any atom is -0.493 e. The second-order valence-corrected chi connectivity index (χ2v) is 4.36. The molecule has 1 aromatic heterocycles. The number of hydrogen-bond donors (Lipinski definition) is 1. The van der Waals surface area contributed by atoms with Crippen LogP contribution in [0, 0.1) is 6.92 Å². The van der Waals surface area contributed by atoms with Gasteiger partial charge in [-0.05, 0) is 19.8 Å². The van der Waals surface area contributed by atoms with Crippen molar-refractivity contribution in [2.24, 2.45) is 0 Å². The van der Waals surface area contributed by atoms with Crippen LogP contribution >= 0.6 is 0 Å². The summed E-state index contributed by atoms with van der Waals surface area (Å²) in [7, 11) is 0. The third kappa shape index (κ3) is 4.59. The molecular weight excluding hydrogens is 214 g/mol. The largest absolute Gasteiger partial charge is 0.493 e. The van der Waals surface area contributed by atoms with E-state index in [2.05, 4.69) is 28.7 Å². The normalized spacial score (nSPS) is 10.5. The van der Waals surface area contributed by atoms with Gasteiger partial charge in [-0.1, -0.05) is 26.7 Å². The van der Waals surface area contributed by atoms with Crippen molar-refractivity contribution in [2.75, 3.05) is 18.0 Å². The van der Waals surface area contributed by atoms with Crippen LogP contribution in [0.25, 0.3) is 0 Å². The molecule has 0 aromatic carbocycles. The maximum absolute atomic E-state index is 9.52. The molecule has 0 aliphatic rings. The van der Waals surface area contributed by atoms with Crippen LogP contribution in [0.15, 0.2) is 6.07 Å². The topological polar surface area (TPSA) is 49.2 Å². The lowest BCUT2D eigenvalue weighted by molar-refractivity contribution is 0.450. The van der Waals surface area contributed by atoms with Gasteiger partial charge < -0.3 is 10.0 Å². The van der Waals surface area contributed by atoms with Gasteiger partial charge in [-0.15, -0.1) is 0 Å². The fraction of sp³-hybridized carbons (Fsp3) is 0.692. The van der Waals surface area contributed by atoms with Crippen LogP contribution < -0.4 is 4.90 Å². The van der Waals surface area contributed by atoms with E-state index in [1.54, 1.807) is 6.07 Å². The summed E-state index contributed by atoms with van der Waals surface area (Å²) in [5, 5.41) is 9.52. The van der Waals surface area contributed by atoms with Gasteiger partial charge in [0.25, 0.3) is 0 Å². The molecule has 1 aromatic rings. The Morgan fingerprint density at radius 1 is 1.12 bits per heavy atom. The van der Waals surface area contributed by atoms with Crippen molar-refractivity contribution >= 4 is 5.95 Å². The van der Waals surface area contributed by atoms with Crippen LogP contribution in [0.3, 0.4) is 0 Å². The van der Waals surface area contributed by atoms with Crippen LogP contribution in [0.4, 0.5) is 5.95 Å². The number of unbranched alkanes of at least 4 members (excludes halogenated alkanes) is 2. The first kappa shape index (κ1) is 13.7. The lowest BCUT2D eigenvalue weighted by atomic mass is 10.3. The smallest absolute Gasteiger partial charge is 0.228 e. The minimum absolute atomic E-state index is 0.0606. The Balaban J connectivity index is 2.78. The molecule has 1 rings (SSSR count). The van der Waals surface area contributed by atoms with Crippen molar-refractivity contribution in [3.05, 3.63) is 11.8 Å². The maximum atomic E-state index is 9.52. The summed E-state index contributed by atoms with van der Waals surface area (Å²) in [6.45, 7) is 8.14. The van der Waals surface area contributed by atoms with Gasteiger partial charge in [-0.2, -0.15) is 4.98 Å². The Bertz CT molecular complexity index is 313. The number of nitrogens with zero attached hydrogens (tertiary/aromatic N) is 3. The van der Waals surface area contributed by atoms with Crippen LogP contribution in [-0.4, -0.2) is 28.2 Å². The van der Waals surface area contributed by atoms with Crippen molar-refractivity contribution in [3.63, 3.8) is 0 Å². The molecule has 0 amide bonds. The highest BCUT2D eigenvalue weighted by Gasteiger charge is 2.10. The average molecular weight is 237 g/mol. The summed E-state index contributed by atoms with van der Waals surface area (Å²) < 4.78 is 0. The van der Waals surface area contributed by atoms with Gasteiger partial charge in [0.05, 0.1) is 0 Å². The quantitative estimate of drug-likeness (QED) is 0.792. The summed E-state index contributed by atoms with van der Waals surface area (Å²) in [6.07, 6.45) is 4.56. The molecule has 96 valence electrons. The first-order valence-corrected chi connectivity index (χ1v) is 6.47. The minimum atomic E-state index is 0.0606. The van der Waals surface area contributed by atoms with E-state index in [0.29, 0.717) is 5.95 Å². The SMILES string of the molecule is CCCCN(CCCC)c1nc(C)cc(O)n1. The molecule has 4 heteroatoms. The predicted molar refractivity (Wildman–Crippen MR) is 70.5 cm³/mol. The summed E-state index contributed by atoms with van der Waals surface area (Å²) in [5.74, 6) is 0.717.